The first kappa shape index (κ1) is 49.3. The number of nitro groups is 1. The van der Waals surface area contributed by atoms with Crippen LogP contribution < -0.4 is 10.1 Å². The highest BCUT2D eigenvalue weighted by Gasteiger charge is 2.53. The minimum atomic E-state index is -1.88. The maximum atomic E-state index is 12.2. The van der Waals surface area contributed by atoms with Gasteiger partial charge in [0.2, 0.25) is 5.91 Å². The van der Waals surface area contributed by atoms with E-state index >= 15 is 0 Å². The fourth-order valence-corrected chi connectivity index (χ4v) is 8.58. The molecule has 24 heteroatoms. The SMILES string of the molecule is O=C(CCCCC(=O)Oc1ccc([N+](=O)[O-])cc1)NCCSCCCO[C@@H]1O[C@H](CO)[C@@H](O)[C@H](O)[C@@H]1S[C@@H]1O[C@H](CO)[C@@H](O)[C@H](O)[C@@H]1O[C@@H]1O[C@H](CO)[C@@H](O)[C@H](O)[C@@H]1O. The quantitative estimate of drug-likeness (QED) is 0.0177. The van der Waals surface area contributed by atoms with Crippen LogP contribution in [0.15, 0.2) is 24.3 Å². The molecule has 59 heavy (non-hydrogen) atoms. The molecular formula is C35H54N2O20S2. The van der Waals surface area contributed by atoms with Crippen LogP contribution in [0.3, 0.4) is 0 Å². The Labute approximate surface area is 346 Å². The summed E-state index contributed by atoms with van der Waals surface area (Å²) in [4.78, 5) is 34.4. The van der Waals surface area contributed by atoms with Crippen molar-refractivity contribution < 1.29 is 94.0 Å². The van der Waals surface area contributed by atoms with Crippen LogP contribution in [0.4, 0.5) is 5.69 Å². The number of rotatable bonds is 22. The van der Waals surface area contributed by atoms with Gasteiger partial charge in [-0.1, -0.05) is 0 Å². The molecule has 3 aliphatic rings. The molecule has 22 nitrogen and oxygen atoms in total. The fourth-order valence-electron chi connectivity index (χ4n) is 6.32. The summed E-state index contributed by atoms with van der Waals surface area (Å²) in [5.74, 6) is 0.624. The van der Waals surface area contributed by atoms with E-state index in [0.717, 1.165) is 11.8 Å². The van der Waals surface area contributed by atoms with Crippen molar-refractivity contribution in [3.8, 4) is 5.75 Å². The van der Waals surface area contributed by atoms with Crippen LogP contribution in [0.2, 0.25) is 0 Å². The van der Waals surface area contributed by atoms with Gasteiger partial charge in [-0.05, 0) is 37.1 Å². The zero-order valence-electron chi connectivity index (χ0n) is 31.8. The topological polar surface area (TPSA) is 347 Å². The molecule has 0 aromatic heterocycles. The number of carbonyl (C=O) groups is 2. The van der Waals surface area contributed by atoms with Crippen molar-refractivity contribution in [1.29, 1.82) is 0 Å². The number of unbranched alkanes of at least 4 members (excludes halogenated alkanes) is 1. The second kappa shape index (κ2) is 24.3. The predicted molar refractivity (Wildman–Crippen MR) is 204 cm³/mol. The maximum absolute atomic E-state index is 12.2. The van der Waals surface area contributed by atoms with Gasteiger partial charge in [-0.2, -0.15) is 11.8 Å². The van der Waals surface area contributed by atoms with Gasteiger partial charge >= 0.3 is 5.97 Å². The zero-order chi connectivity index (χ0) is 43.2. The van der Waals surface area contributed by atoms with E-state index < -0.39 is 121 Å². The molecule has 3 fully saturated rings. The number of non-ortho nitro benzene ring substituents is 1. The van der Waals surface area contributed by atoms with Crippen LogP contribution in [-0.4, -0.2) is 203 Å². The number of esters is 1. The monoisotopic (exact) mass is 886 g/mol. The summed E-state index contributed by atoms with van der Waals surface area (Å²) < 4.78 is 33.8. The summed E-state index contributed by atoms with van der Waals surface area (Å²) in [6.45, 7) is -1.75. The molecule has 0 saturated carbocycles. The van der Waals surface area contributed by atoms with E-state index in [0.29, 0.717) is 37.3 Å². The highest BCUT2D eigenvalue weighted by Crippen LogP contribution is 2.40. The number of hydrogen-bond acceptors (Lipinski definition) is 22. The van der Waals surface area contributed by atoms with Gasteiger partial charge in [-0.25, -0.2) is 0 Å². The molecule has 1 aromatic carbocycles. The van der Waals surface area contributed by atoms with E-state index in [-0.39, 0.29) is 36.8 Å². The summed E-state index contributed by atoms with van der Waals surface area (Å²) in [7, 11) is 0. The van der Waals surface area contributed by atoms with Crippen LogP contribution in [-0.2, 0) is 33.3 Å². The Bertz CT molecular complexity index is 1450. The zero-order valence-corrected chi connectivity index (χ0v) is 33.4. The van der Waals surface area contributed by atoms with E-state index in [1.165, 1.54) is 36.0 Å². The summed E-state index contributed by atoms with van der Waals surface area (Å²) in [5, 5.41) is 116. The second-order valence-electron chi connectivity index (χ2n) is 13.9. The van der Waals surface area contributed by atoms with E-state index in [4.69, 9.17) is 28.4 Å². The summed E-state index contributed by atoms with van der Waals surface area (Å²) >= 11 is 2.25. The van der Waals surface area contributed by atoms with E-state index in [9.17, 15) is 70.8 Å². The molecule has 1 amide bonds. The fraction of sp³-hybridized carbons (Fsp3) is 0.771. The third-order valence-electron chi connectivity index (χ3n) is 9.68. The molecule has 0 radical (unpaired) electrons. The Balaban J connectivity index is 1.21. The van der Waals surface area contributed by atoms with Crippen LogP contribution in [0.25, 0.3) is 0 Å². The lowest BCUT2D eigenvalue weighted by molar-refractivity contribution is -0.384. The van der Waals surface area contributed by atoms with Crippen molar-refractivity contribution in [3.05, 3.63) is 34.4 Å². The first-order valence-electron chi connectivity index (χ1n) is 19.0. The molecule has 4 rings (SSSR count). The average molecular weight is 887 g/mol. The third-order valence-corrected chi connectivity index (χ3v) is 12.2. The number of benzene rings is 1. The number of aliphatic hydroxyl groups excluding tert-OH is 10. The summed E-state index contributed by atoms with van der Waals surface area (Å²) in [6.07, 6.45) is -19.2. The van der Waals surface area contributed by atoms with Crippen molar-refractivity contribution in [2.45, 2.75) is 123 Å². The lowest BCUT2D eigenvalue weighted by Crippen LogP contribution is -2.65. The van der Waals surface area contributed by atoms with Crippen molar-refractivity contribution >= 4 is 41.1 Å². The van der Waals surface area contributed by atoms with Crippen LogP contribution in [0, 0.1) is 10.1 Å². The molecule has 1 aromatic rings. The largest absolute Gasteiger partial charge is 0.427 e. The molecule has 15 atom stereocenters. The molecule has 3 aliphatic heterocycles. The number of ether oxygens (including phenoxy) is 6. The number of nitrogens with zero attached hydrogens (tertiary/aromatic N) is 1. The number of aliphatic hydroxyl groups is 10. The number of nitro benzene ring substituents is 1. The molecular weight excluding hydrogens is 833 g/mol. The predicted octanol–water partition coefficient (Wildman–Crippen LogP) is -3.52. The third kappa shape index (κ3) is 13.8. The maximum Gasteiger partial charge on any atom is 0.311 e. The number of thioether (sulfide) groups is 2. The van der Waals surface area contributed by atoms with Gasteiger partial charge in [0.15, 0.2) is 12.6 Å². The number of amides is 1. The summed E-state index contributed by atoms with van der Waals surface area (Å²) in [6, 6.07) is 5.12. The molecule has 0 unspecified atom stereocenters. The van der Waals surface area contributed by atoms with Gasteiger partial charge < -0.3 is 84.8 Å². The van der Waals surface area contributed by atoms with E-state index in [1.807, 2.05) is 0 Å². The molecule has 11 N–H and O–H groups in total. The lowest BCUT2D eigenvalue weighted by Gasteiger charge is -2.48. The molecule has 0 spiro atoms. The van der Waals surface area contributed by atoms with Gasteiger partial charge in [-0.3, -0.25) is 19.7 Å². The normalized spacial score (nSPS) is 34.9. The smallest absolute Gasteiger partial charge is 0.311 e. The molecule has 0 bridgehead atoms. The lowest BCUT2D eigenvalue weighted by atomic mass is 9.98. The van der Waals surface area contributed by atoms with E-state index in [2.05, 4.69) is 5.32 Å². The molecule has 0 aliphatic carbocycles. The van der Waals surface area contributed by atoms with Crippen LogP contribution in [0.1, 0.15) is 32.1 Å². The number of carbonyl (C=O) groups excluding carboxylic acids is 2. The van der Waals surface area contributed by atoms with Gasteiger partial charge in [0.05, 0.1) is 42.7 Å². The van der Waals surface area contributed by atoms with Gasteiger partial charge in [0.1, 0.15) is 72.2 Å². The van der Waals surface area contributed by atoms with Crippen molar-refractivity contribution in [3.63, 3.8) is 0 Å². The minimum absolute atomic E-state index is 0.0694. The second-order valence-corrected chi connectivity index (χ2v) is 16.4. The molecule has 3 saturated heterocycles. The van der Waals surface area contributed by atoms with Crippen molar-refractivity contribution in [2.75, 3.05) is 44.5 Å². The Hall–Kier alpha value is -2.34. The Kier molecular flexibility index (Phi) is 20.3. The summed E-state index contributed by atoms with van der Waals surface area (Å²) in [5.41, 5.74) is -1.51. The number of hydrogen-bond donors (Lipinski definition) is 11. The van der Waals surface area contributed by atoms with Crippen molar-refractivity contribution in [1.82, 2.24) is 5.32 Å². The first-order valence-corrected chi connectivity index (χ1v) is 21.1. The van der Waals surface area contributed by atoms with Gasteiger partial charge in [-0.15, -0.1) is 11.8 Å². The standard InChI is InChI=1S/C35H54N2O20S2/c38-14-19-24(43)27(46)30(49)33(54-19)57-31-28(47)25(44)21(16-40)56-35(31)59-32-29(48)26(45)20(15-39)55-34(32)52-11-3-12-58-13-10-36-22(41)4-1-2-5-23(42)53-18-8-6-17(7-9-18)37(50)51/h6-9,19-21,24-35,38-40,43-49H,1-5,10-16H2,(H,36,41)/t19-,20-,21-,24-,25-,26-,27+,28+,29+,30+,31+,32+,33+,34-,35+/m1/s1. The van der Waals surface area contributed by atoms with E-state index in [1.54, 1.807) is 0 Å². The minimum Gasteiger partial charge on any atom is -0.427 e. The molecule has 336 valence electrons. The van der Waals surface area contributed by atoms with Gasteiger partial charge in [0, 0.05) is 37.3 Å². The number of nitrogens with one attached hydrogen (secondary N) is 1. The first-order chi connectivity index (χ1) is 28.2. The Morgan fingerprint density at radius 1 is 0.729 bits per heavy atom. The Morgan fingerprint density at radius 2 is 1.32 bits per heavy atom. The van der Waals surface area contributed by atoms with Crippen LogP contribution >= 0.6 is 23.5 Å². The van der Waals surface area contributed by atoms with Crippen LogP contribution in [0.5, 0.6) is 5.75 Å². The Morgan fingerprint density at radius 3 is 1.97 bits per heavy atom. The van der Waals surface area contributed by atoms with Crippen molar-refractivity contribution in [2.24, 2.45) is 0 Å². The molecule has 3 heterocycles. The average Bonchev–Trinajstić information content (AvgIpc) is 3.22. The highest BCUT2D eigenvalue weighted by molar-refractivity contribution is 8.00. The highest BCUT2D eigenvalue weighted by atomic mass is 32.2. The van der Waals surface area contributed by atoms with Gasteiger partial charge in [0.25, 0.3) is 5.69 Å².